The van der Waals surface area contributed by atoms with E-state index in [0.29, 0.717) is 12.1 Å². The molecule has 1 aromatic carbocycles. The van der Waals surface area contributed by atoms with Crippen LogP contribution in [0.4, 0.5) is 5.69 Å². The zero-order chi connectivity index (χ0) is 14.7. The second-order valence-electron chi connectivity index (χ2n) is 4.77. The first kappa shape index (κ1) is 14.1. The monoisotopic (exact) mass is 273 g/mol. The summed E-state index contributed by atoms with van der Waals surface area (Å²) in [6, 6.07) is 5.58. The normalized spacial score (nSPS) is 10.4. The molecule has 2 rings (SSSR count). The second kappa shape index (κ2) is 5.77. The van der Waals surface area contributed by atoms with Gasteiger partial charge in [-0.05, 0) is 44.5 Å². The molecule has 0 fully saturated rings. The fourth-order valence-electron chi connectivity index (χ4n) is 2.11. The minimum Gasteiger partial charge on any atom is -0.388 e. The van der Waals surface area contributed by atoms with E-state index in [9.17, 15) is 4.79 Å². The average molecular weight is 273 g/mol. The van der Waals surface area contributed by atoms with E-state index in [0.717, 1.165) is 28.3 Å². The smallest absolute Gasteiger partial charge is 0.251 e. The Morgan fingerprint density at radius 2 is 2.05 bits per heavy atom. The van der Waals surface area contributed by atoms with E-state index in [1.54, 1.807) is 0 Å². The van der Waals surface area contributed by atoms with Gasteiger partial charge in [0.2, 0.25) is 0 Å². The number of carbonyl (C=O) groups is 1. The van der Waals surface area contributed by atoms with E-state index in [1.807, 2.05) is 46.0 Å². The highest BCUT2D eigenvalue weighted by Gasteiger charge is 2.12. The number of nitrogens with one attached hydrogen (secondary N) is 2. The van der Waals surface area contributed by atoms with Gasteiger partial charge >= 0.3 is 0 Å². The summed E-state index contributed by atoms with van der Waals surface area (Å²) in [5.41, 5.74) is 4.45. The van der Waals surface area contributed by atoms with Crippen molar-refractivity contribution in [1.82, 2.24) is 10.5 Å². The Hall–Kier alpha value is -2.30. The molecule has 5 nitrogen and oxygen atoms in total. The number of hydrogen-bond acceptors (Lipinski definition) is 4. The Labute approximate surface area is 118 Å². The summed E-state index contributed by atoms with van der Waals surface area (Å²) in [5, 5.41) is 9.84. The van der Waals surface area contributed by atoms with Gasteiger partial charge in [0, 0.05) is 30.4 Å². The summed E-state index contributed by atoms with van der Waals surface area (Å²) >= 11 is 0. The molecule has 1 amide bonds. The first-order valence-electron chi connectivity index (χ1n) is 6.51. The van der Waals surface area contributed by atoms with Crippen molar-refractivity contribution < 1.29 is 9.32 Å². The van der Waals surface area contributed by atoms with Crippen molar-refractivity contribution in [2.45, 2.75) is 27.3 Å². The maximum absolute atomic E-state index is 12.1. The molecule has 0 bridgehead atoms. The molecule has 1 heterocycles. The minimum absolute atomic E-state index is 0.101. The maximum Gasteiger partial charge on any atom is 0.251 e. The van der Waals surface area contributed by atoms with Crippen molar-refractivity contribution in [1.29, 1.82) is 0 Å². The molecule has 0 aliphatic rings. The lowest BCUT2D eigenvalue weighted by molar-refractivity contribution is 0.0950. The van der Waals surface area contributed by atoms with Crippen LogP contribution in [0.15, 0.2) is 22.7 Å². The molecule has 1 aromatic heterocycles. The molecule has 5 heteroatoms. The fourth-order valence-corrected chi connectivity index (χ4v) is 2.11. The van der Waals surface area contributed by atoms with Gasteiger partial charge in [-0.25, -0.2) is 0 Å². The fraction of sp³-hybridized carbons (Fsp3) is 0.333. The lowest BCUT2D eigenvalue weighted by atomic mass is 10.1. The first-order valence-corrected chi connectivity index (χ1v) is 6.51. The predicted molar refractivity (Wildman–Crippen MR) is 77.9 cm³/mol. The lowest BCUT2D eigenvalue weighted by Gasteiger charge is -2.08. The molecule has 0 radical (unpaired) electrons. The van der Waals surface area contributed by atoms with Crippen molar-refractivity contribution >= 4 is 11.6 Å². The molecule has 0 atom stereocenters. The van der Waals surface area contributed by atoms with Crippen molar-refractivity contribution in [3.63, 3.8) is 0 Å². The molecular weight excluding hydrogens is 254 g/mol. The molecule has 0 unspecified atom stereocenters. The van der Waals surface area contributed by atoms with Crippen LogP contribution in [0.1, 0.15) is 32.9 Å². The summed E-state index contributed by atoms with van der Waals surface area (Å²) in [7, 11) is 1.86. The average Bonchev–Trinajstić information content (AvgIpc) is 2.75. The van der Waals surface area contributed by atoms with Crippen molar-refractivity contribution in [3.05, 3.63) is 46.3 Å². The Balaban J connectivity index is 2.07. The Kier molecular flexibility index (Phi) is 4.08. The largest absolute Gasteiger partial charge is 0.388 e. The molecule has 0 saturated carbocycles. The van der Waals surface area contributed by atoms with Crippen LogP contribution in [-0.2, 0) is 6.54 Å². The van der Waals surface area contributed by atoms with Crippen molar-refractivity contribution in [2.75, 3.05) is 12.4 Å². The van der Waals surface area contributed by atoms with Gasteiger partial charge < -0.3 is 15.2 Å². The summed E-state index contributed by atoms with van der Waals surface area (Å²) in [5.74, 6) is 0.639. The number of nitrogens with zero attached hydrogens (tertiary/aromatic N) is 1. The Bertz CT molecular complexity index is 613. The topological polar surface area (TPSA) is 67.2 Å². The highest BCUT2D eigenvalue weighted by atomic mass is 16.5. The van der Waals surface area contributed by atoms with E-state index in [-0.39, 0.29) is 5.91 Å². The van der Waals surface area contributed by atoms with Crippen LogP contribution in [-0.4, -0.2) is 18.1 Å². The number of hydrogen-bond donors (Lipinski definition) is 2. The van der Waals surface area contributed by atoms with Gasteiger partial charge in [0.15, 0.2) is 0 Å². The molecule has 2 N–H and O–H groups in total. The quantitative estimate of drug-likeness (QED) is 0.898. The van der Waals surface area contributed by atoms with Crippen LogP contribution in [0.25, 0.3) is 0 Å². The first-order chi connectivity index (χ1) is 9.52. The van der Waals surface area contributed by atoms with Gasteiger partial charge in [0.25, 0.3) is 5.91 Å². The van der Waals surface area contributed by atoms with Crippen LogP contribution >= 0.6 is 0 Å². The predicted octanol–water partition coefficient (Wildman–Crippen LogP) is 2.57. The number of aryl methyl sites for hydroxylation is 3. The molecule has 0 aliphatic carbocycles. The number of amides is 1. The van der Waals surface area contributed by atoms with Gasteiger partial charge in [0.1, 0.15) is 5.76 Å². The van der Waals surface area contributed by atoms with Crippen molar-refractivity contribution in [3.8, 4) is 0 Å². The third-order valence-electron chi connectivity index (χ3n) is 3.36. The maximum atomic E-state index is 12.1. The van der Waals surface area contributed by atoms with Gasteiger partial charge in [-0.1, -0.05) is 5.16 Å². The third-order valence-corrected chi connectivity index (χ3v) is 3.36. The van der Waals surface area contributed by atoms with Crippen LogP contribution in [0.3, 0.4) is 0 Å². The molecule has 20 heavy (non-hydrogen) atoms. The zero-order valence-electron chi connectivity index (χ0n) is 12.2. The molecule has 0 spiro atoms. The summed E-state index contributed by atoms with van der Waals surface area (Å²) in [4.78, 5) is 12.1. The van der Waals surface area contributed by atoms with Crippen LogP contribution in [0.5, 0.6) is 0 Å². The van der Waals surface area contributed by atoms with Gasteiger partial charge in [-0.2, -0.15) is 0 Å². The summed E-state index contributed by atoms with van der Waals surface area (Å²) < 4.78 is 5.07. The van der Waals surface area contributed by atoms with E-state index in [2.05, 4.69) is 15.8 Å². The minimum atomic E-state index is -0.101. The number of anilines is 1. The molecule has 0 saturated heterocycles. The zero-order valence-corrected chi connectivity index (χ0v) is 12.2. The van der Waals surface area contributed by atoms with Gasteiger partial charge in [-0.15, -0.1) is 0 Å². The van der Waals surface area contributed by atoms with Gasteiger partial charge in [0.05, 0.1) is 5.69 Å². The van der Waals surface area contributed by atoms with Crippen LogP contribution in [0.2, 0.25) is 0 Å². The third kappa shape index (κ3) is 2.82. The molecule has 0 aliphatic heterocycles. The summed E-state index contributed by atoms with van der Waals surface area (Å²) in [6.07, 6.45) is 0. The van der Waals surface area contributed by atoms with E-state index in [1.165, 1.54) is 0 Å². The van der Waals surface area contributed by atoms with E-state index in [4.69, 9.17) is 4.52 Å². The second-order valence-corrected chi connectivity index (χ2v) is 4.77. The lowest BCUT2D eigenvalue weighted by Crippen LogP contribution is -2.23. The SMILES string of the molecule is CNc1ccc(C(=O)NCc2c(C)noc2C)cc1C. The summed E-state index contributed by atoms with van der Waals surface area (Å²) in [6.45, 7) is 6.10. The molecule has 2 aromatic rings. The van der Waals surface area contributed by atoms with E-state index >= 15 is 0 Å². The van der Waals surface area contributed by atoms with Crippen LogP contribution in [0, 0.1) is 20.8 Å². The number of rotatable bonds is 4. The number of carbonyl (C=O) groups excluding carboxylic acids is 1. The molecular formula is C15H19N3O2. The standard InChI is InChI=1S/C15H19N3O2/c1-9-7-12(5-6-14(9)16-4)15(19)17-8-13-10(2)18-20-11(13)3/h5-7,16H,8H2,1-4H3,(H,17,19). The van der Waals surface area contributed by atoms with Crippen LogP contribution < -0.4 is 10.6 Å². The van der Waals surface area contributed by atoms with Gasteiger partial charge in [-0.3, -0.25) is 4.79 Å². The molecule has 106 valence electrons. The Morgan fingerprint density at radius 1 is 1.30 bits per heavy atom. The Morgan fingerprint density at radius 3 is 2.60 bits per heavy atom. The number of aromatic nitrogens is 1. The number of benzene rings is 1. The van der Waals surface area contributed by atoms with E-state index < -0.39 is 0 Å². The van der Waals surface area contributed by atoms with Crippen molar-refractivity contribution in [2.24, 2.45) is 0 Å². The highest BCUT2D eigenvalue weighted by molar-refractivity contribution is 5.94. The highest BCUT2D eigenvalue weighted by Crippen LogP contribution is 2.16.